The van der Waals surface area contributed by atoms with Gasteiger partial charge in [-0.2, -0.15) is 0 Å². The highest BCUT2D eigenvalue weighted by Crippen LogP contribution is 1.93. The Balaban J connectivity index is 3.42. The SMILES string of the molecule is CCOCCN(C)CC(CC)NC. The highest BCUT2D eigenvalue weighted by molar-refractivity contribution is 4.66. The van der Waals surface area contributed by atoms with Crippen molar-refractivity contribution in [2.45, 2.75) is 26.3 Å². The zero-order chi connectivity index (χ0) is 10.1. The summed E-state index contributed by atoms with van der Waals surface area (Å²) in [5, 5.41) is 3.29. The molecule has 3 heteroatoms. The molecule has 0 aliphatic carbocycles. The van der Waals surface area contributed by atoms with Crippen LogP contribution in [0.1, 0.15) is 20.3 Å². The van der Waals surface area contributed by atoms with Gasteiger partial charge in [0.25, 0.3) is 0 Å². The maximum Gasteiger partial charge on any atom is 0.0593 e. The number of nitrogens with zero attached hydrogens (tertiary/aromatic N) is 1. The summed E-state index contributed by atoms with van der Waals surface area (Å²) in [4.78, 5) is 2.31. The van der Waals surface area contributed by atoms with Crippen LogP contribution in [0.4, 0.5) is 0 Å². The molecule has 0 saturated heterocycles. The Kier molecular flexibility index (Phi) is 8.40. The van der Waals surface area contributed by atoms with Crippen molar-refractivity contribution in [3.8, 4) is 0 Å². The number of likely N-dealkylation sites (N-methyl/N-ethyl adjacent to an activating group) is 2. The number of nitrogens with one attached hydrogen (secondary N) is 1. The molecule has 0 saturated carbocycles. The number of ether oxygens (including phenoxy) is 1. The highest BCUT2D eigenvalue weighted by Gasteiger charge is 2.06. The van der Waals surface area contributed by atoms with Gasteiger partial charge in [-0.05, 0) is 27.4 Å². The smallest absolute Gasteiger partial charge is 0.0593 e. The molecule has 13 heavy (non-hydrogen) atoms. The van der Waals surface area contributed by atoms with Crippen molar-refractivity contribution < 1.29 is 4.74 Å². The lowest BCUT2D eigenvalue weighted by Crippen LogP contribution is -2.38. The van der Waals surface area contributed by atoms with Crippen LogP contribution in [0.3, 0.4) is 0 Å². The van der Waals surface area contributed by atoms with Gasteiger partial charge in [0.15, 0.2) is 0 Å². The van der Waals surface area contributed by atoms with Crippen LogP contribution in [0.2, 0.25) is 0 Å². The molecular weight excluding hydrogens is 164 g/mol. The fourth-order valence-electron chi connectivity index (χ4n) is 1.26. The van der Waals surface area contributed by atoms with Crippen molar-refractivity contribution in [1.29, 1.82) is 0 Å². The number of rotatable bonds is 8. The fraction of sp³-hybridized carbons (Fsp3) is 1.00. The monoisotopic (exact) mass is 188 g/mol. The largest absolute Gasteiger partial charge is 0.380 e. The predicted molar refractivity (Wildman–Crippen MR) is 57.1 cm³/mol. The van der Waals surface area contributed by atoms with Gasteiger partial charge < -0.3 is 15.0 Å². The van der Waals surface area contributed by atoms with Crippen LogP contribution < -0.4 is 5.32 Å². The van der Waals surface area contributed by atoms with Crippen molar-refractivity contribution in [2.75, 3.05) is 40.4 Å². The zero-order valence-electron chi connectivity index (χ0n) is 9.47. The molecular formula is C10H24N2O. The molecule has 0 aliphatic rings. The second-order valence-corrected chi connectivity index (χ2v) is 3.35. The van der Waals surface area contributed by atoms with E-state index in [9.17, 15) is 0 Å². The summed E-state index contributed by atoms with van der Waals surface area (Å²) >= 11 is 0. The van der Waals surface area contributed by atoms with Gasteiger partial charge in [0.05, 0.1) is 6.61 Å². The van der Waals surface area contributed by atoms with Gasteiger partial charge in [-0.3, -0.25) is 0 Å². The van der Waals surface area contributed by atoms with E-state index in [2.05, 4.69) is 24.2 Å². The molecule has 0 bridgehead atoms. The summed E-state index contributed by atoms with van der Waals surface area (Å²) in [6, 6.07) is 0.603. The third-order valence-electron chi connectivity index (χ3n) is 2.25. The fourth-order valence-corrected chi connectivity index (χ4v) is 1.26. The van der Waals surface area contributed by atoms with E-state index in [1.54, 1.807) is 0 Å². The Morgan fingerprint density at radius 2 is 2.08 bits per heavy atom. The van der Waals surface area contributed by atoms with Gasteiger partial charge >= 0.3 is 0 Å². The van der Waals surface area contributed by atoms with Crippen LogP contribution in [0.5, 0.6) is 0 Å². The Labute approximate surface area is 82.4 Å². The standard InChI is InChI=1S/C10H24N2O/c1-5-10(11-3)9-12(4)7-8-13-6-2/h10-11H,5-9H2,1-4H3. The molecule has 0 amide bonds. The average Bonchev–Trinajstić information content (AvgIpc) is 2.14. The normalized spacial score (nSPS) is 13.6. The minimum absolute atomic E-state index is 0.603. The lowest BCUT2D eigenvalue weighted by molar-refractivity contribution is 0.119. The van der Waals surface area contributed by atoms with Gasteiger partial charge in [0.2, 0.25) is 0 Å². The molecule has 0 aliphatic heterocycles. The maximum atomic E-state index is 5.29. The molecule has 80 valence electrons. The van der Waals surface area contributed by atoms with E-state index in [1.807, 2.05) is 14.0 Å². The predicted octanol–water partition coefficient (Wildman–Crippen LogP) is 0.953. The van der Waals surface area contributed by atoms with E-state index < -0.39 is 0 Å². The second-order valence-electron chi connectivity index (χ2n) is 3.35. The highest BCUT2D eigenvalue weighted by atomic mass is 16.5. The van der Waals surface area contributed by atoms with Gasteiger partial charge in [-0.1, -0.05) is 6.92 Å². The number of hydrogen-bond acceptors (Lipinski definition) is 3. The van der Waals surface area contributed by atoms with E-state index in [4.69, 9.17) is 4.74 Å². The Morgan fingerprint density at radius 1 is 1.38 bits per heavy atom. The Morgan fingerprint density at radius 3 is 2.54 bits per heavy atom. The summed E-state index contributed by atoms with van der Waals surface area (Å²) in [5.41, 5.74) is 0. The van der Waals surface area contributed by atoms with Gasteiger partial charge in [0.1, 0.15) is 0 Å². The average molecular weight is 188 g/mol. The first-order valence-corrected chi connectivity index (χ1v) is 5.18. The first-order valence-electron chi connectivity index (χ1n) is 5.18. The molecule has 0 rings (SSSR count). The van der Waals surface area contributed by atoms with Crippen LogP contribution in [0.25, 0.3) is 0 Å². The second kappa shape index (κ2) is 8.48. The third-order valence-corrected chi connectivity index (χ3v) is 2.25. The third kappa shape index (κ3) is 6.99. The Hall–Kier alpha value is -0.120. The van der Waals surface area contributed by atoms with Crippen LogP contribution in [0.15, 0.2) is 0 Å². The zero-order valence-corrected chi connectivity index (χ0v) is 9.47. The summed E-state index contributed by atoms with van der Waals surface area (Å²) in [5.74, 6) is 0. The maximum absolute atomic E-state index is 5.29. The molecule has 1 N–H and O–H groups in total. The number of hydrogen-bond donors (Lipinski definition) is 1. The Bertz CT molecular complexity index is 105. The molecule has 0 fully saturated rings. The van der Waals surface area contributed by atoms with Crippen molar-refractivity contribution in [3.63, 3.8) is 0 Å². The molecule has 1 unspecified atom stereocenters. The molecule has 0 spiro atoms. The molecule has 1 atom stereocenters. The minimum atomic E-state index is 0.603. The van der Waals surface area contributed by atoms with E-state index >= 15 is 0 Å². The molecule has 0 aromatic heterocycles. The summed E-state index contributed by atoms with van der Waals surface area (Å²) in [7, 11) is 4.16. The molecule has 3 nitrogen and oxygen atoms in total. The molecule has 0 radical (unpaired) electrons. The lowest BCUT2D eigenvalue weighted by atomic mass is 10.2. The van der Waals surface area contributed by atoms with Crippen molar-refractivity contribution in [2.24, 2.45) is 0 Å². The van der Waals surface area contributed by atoms with Crippen molar-refractivity contribution in [1.82, 2.24) is 10.2 Å². The minimum Gasteiger partial charge on any atom is -0.380 e. The van der Waals surface area contributed by atoms with E-state index in [0.29, 0.717) is 6.04 Å². The lowest BCUT2D eigenvalue weighted by Gasteiger charge is -2.22. The first kappa shape index (κ1) is 12.9. The molecule has 0 aromatic rings. The molecule has 0 heterocycles. The van der Waals surface area contributed by atoms with Crippen LogP contribution >= 0.6 is 0 Å². The van der Waals surface area contributed by atoms with Crippen molar-refractivity contribution >= 4 is 0 Å². The topological polar surface area (TPSA) is 24.5 Å². The van der Waals surface area contributed by atoms with E-state index in [-0.39, 0.29) is 0 Å². The summed E-state index contributed by atoms with van der Waals surface area (Å²) < 4.78 is 5.29. The van der Waals surface area contributed by atoms with E-state index in [1.165, 1.54) is 6.42 Å². The first-order chi connectivity index (χ1) is 6.24. The van der Waals surface area contributed by atoms with Gasteiger partial charge in [-0.25, -0.2) is 0 Å². The van der Waals surface area contributed by atoms with Crippen LogP contribution in [-0.4, -0.2) is 51.3 Å². The van der Waals surface area contributed by atoms with Crippen LogP contribution in [0, 0.1) is 0 Å². The molecule has 0 aromatic carbocycles. The summed E-state index contributed by atoms with van der Waals surface area (Å²) in [6.07, 6.45) is 1.18. The van der Waals surface area contributed by atoms with Gasteiger partial charge in [-0.15, -0.1) is 0 Å². The summed E-state index contributed by atoms with van der Waals surface area (Å²) in [6.45, 7) is 8.01. The van der Waals surface area contributed by atoms with Crippen molar-refractivity contribution in [3.05, 3.63) is 0 Å². The van der Waals surface area contributed by atoms with Gasteiger partial charge in [0, 0.05) is 25.7 Å². The van der Waals surface area contributed by atoms with Crippen LogP contribution in [-0.2, 0) is 4.74 Å². The van der Waals surface area contributed by atoms with E-state index in [0.717, 1.165) is 26.3 Å². The quantitative estimate of drug-likeness (QED) is 0.574.